The van der Waals surface area contributed by atoms with Gasteiger partial charge in [0.2, 0.25) is 5.91 Å². The predicted octanol–water partition coefficient (Wildman–Crippen LogP) is 7.82. The fourth-order valence-electron chi connectivity index (χ4n) is 7.67. The van der Waals surface area contributed by atoms with Crippen LogP contribution in [0.15, 0.2) is 144 Å². The first kappa shape index (κ1) is 42.0. The van der Waals surface area contributed by atoms with Crippen LogP contribution >= 0.6 is 11.8 Å². The van der Waals surface area contributed by atoms with Crippen LogP contribution in [0, 0.1) is 0 Å². The van der Waals surface area contributed by atoms with Gasteiger partial charge in [0.1, 0.15) is 22.6 Å². The van der Waals surface area contributed by atoms with E-state index in [1.165, 1.54) is 21.6 Å². The summed E-state index contributed by atoms with van der Waals surface area (Å²) in [6.45, 7) is 10.6. The Morgan fingerprint density at radius 2 is 1.27 bits per heavy atom. The molecular formula is C48H49N3O8S. The molecule has 1 N–H and O–H groups in total. The summed E-state index contributed by atoms with van der Waals surface area (Å²) in [6, 6.07) is 35.3. The lowest BCUT2D eigenvalue weighted by Crippen LogP contribution is -2.74. The quantitative estimate of drug-likeness (QED) is 0.0696. The van der Waals surface area contributed by atoms with Crippen molar-refractivity contribution in [3.63, 3.8) is 0 Å². The summed E-state index contributed by atoms with van der Waals surface area (Å²) in [6.07, 6.45) is 0.335. The second-order valence-electron chi connectivity index (χ2n) is 16.6. The first-order valence-corrected chi connectivity index (χ1v) is 20.9. The zero-order chi connectivity index (χ0) is 42.8. The minimum absolute atomic E-state index is 0.215. The fraction of sp³-hybridized carbons (Fsp3) is 0.312. The van der Waals surface area contributed by atoms with Crippen molar-refractivity contribution in [2.45, 2.75) is 88.3 Å². The van der Waals surface area contributed by atoms with Gasteiger partial charge in [-0.15, -0.1) is 11.8 Å². The van der Waals surface area contributed by atoms with Gasteiger partial charge in [-0.3, -0.25) is 9.59 Å². The van der Waals surface area contributed by atoms with Gasteiger partial charge in [0.05, 0.1) is 0 Å². The molecule has 2 saturated heterocycles. The molecule has 310 valence electrons. The number of nitrogens with zero attached hydrogens (tertiary/aromatic N) is 2. The maximum absolute atomic E-state index is 14.6. The molecule has 2 fully saturated rings. The van der Waals surface area contributed by atoms with Crippen LogP contribution in [-0.2, 0) is 39.0 Å². The number of β-lactam (4-membered cyclic amide) rings is 1. The van der Waals surface area contributed by atoms with E-state index in [1.54, 1.807) is 46.1 Å². The zero-order valence-corrected chi connectivity index (χ0v) is 35.3. The predicted molar refractivity (Wildman–Crippen MR) is 228 cm³/mol. The van der Waals surface area contributed by atoms with E-state index in [1.807, 2.05) is 128 Å². The summed E-state index contributed by atoms with van der Waals surface area (Å²) in [5, 5.41) is 3.75. The van der Waals surface area contributed by atoms with Crippen molar-refractivity contribution in [1.29, 1.82) is 0 Å². The first-order valence-electron chi connectivity index (χ1n) is 19.9. The molecule has 4 aromatic rings. The molecule has 0 bridgehead atoms. The van der Waals surface area contributed by atoms with Gasteiger partial charge in [0, 0.05) is 12.1 Å². The summed E-state index contributed by atoms with van der Waals surface area (Å²) < 4.78 is 18.1. The third-order valence-electron chi connectivity index (χ3n) is 10.9. The largest absolute Gasteiger partial charge is 0.451 e. The summed E-state index contributed by atoms with van der Waals surface area (Å²) in [5.74, 6) is -2.20. The summed E-state index contributed by atoms with van der Waals surface area (Å²) in [5.41, 5.74) is 0.412. The van der Waals surface area contributed by atoms with Gasteiger partial charge in [0.15, 0.2) is 17.7 Å². The Hall–Kier alpha value is -6.14. The van der Waals surface area contributed by atoms with Crippen molar-refractivity contribution in [1.82, 2.24) is 15.1 Å². The topological polar surface area (TPSA) is 132 Å². The number of nitrogens with one attached hydrogen (secondary N) is 1. The Morgan fingerprint density at radius 3 is 1.78 bits per heavy atom. The number of carbonyl (C=O) groups excluding carboxylic acids is 5. The Kier molecular flexibility index (Phi) is 11.8. The molecule has 3 amide bonds. The molecule has 11 nitrogen and oxygen atoms in total. The zero-order valence-electron chi connectivity index (χ0n) is 34.5. The van der Waals surface area contributed by atoms with Crippen LogP contribution in [0.5, 0.6) is 0 Å². The van der Waals surface area contributed by atoms with Crippen LogP contribution in [0.1, 0.15) is 76.3 Å². The number of fused-ring (bicyclic) bond motifs is 1. The Balaban J connectivity index is 1.17. The molecule has 3 aliphatic rings. The second kappa shape index (κ2) is 16.8. The maximum Gasteiger partial charge on any atom is 0.408 e. The van der Waals surface area contributed by atoms with E-state index in [-0.39, 0.29) is 13.0 Å². The molecule has 3 aliphatic heterocycles. The Morgan fingerprint density at radius 1 is 0.750 bits per heavy atom. The van der Waals surface area contributed by atoms with Gasteiger partial charge < -0.3 is 29.3 Å². The molecule has 0 aliphatic carbocycles. The van der Waals surface area contributed by atoms with Crippen LogP contribution in [0.25, 0.3) is 0 Å². The molecule has 60 heavy (non-hydrogen) atoms. The van der Waals surface area contributed by atoms with Gasteiger partial charge in [-0.2, -0.15) is 0 Å². The van der Waals surface area contributed by atoms with Crippen LogP contribution in [0.2, 0.25) is 0 Å². The van der Waals surface area contributed by atoms with Gasteiger partial charge in [-0.05, 0) is 87.3 Å². The molecule has 3 atom stereocenters. The lowest BCUT2D eigenvalue weighted by molar-refractivity contribution is -0.170. The summed E-state index contributed by atoms with van der Waals surface area (Å²) in [7, 11) is 0. The molecule has 7 rings (SSSR count). The molecule has 3 unspecified atom stereocenters. The van der Waals surface area contributed by atoms with Crippen molar-refractivity contribution in [2.75, 3.05) is 6.54 Å². The number of benzene rings is 4. The van der Waals surface area contributed by atoms with Crippen LogP contribution in [0.4, 0.5) is 4.79 Å². The molecule has 0 radical (unpaired) electrons. The van der Waals surface area contributed by atoms with E-state index in [2.05, 4.69) is 5.32 Å². The minimum Gasteiger partial charge on any atom is -0.451 e. The van der Waals surface area contributed by atoms with E-state index in [0.29, 0.717) is 11.1 Å². The number of amides is 3. The lowest BCUT2D eigenvalue weighted by Gasteiger charge is -2.51. The molecule has 0 aromatic heterocycles. The average molecular weight is 828 g/mol. The maximum atomic E-state index is 14.6. The number of rotatable bonds is 11. The van der Waals surface area contributed by atoms with Gasteiger partial charge in [0.25, 0.3) is 5.91 Å². The number of esters is 2. The SMILES string of the molecule is CC(C)(C)OC(=O)NC1C(=O)N2C(C(=O)OC(c3ccccc3)c3ccccc3)C(C=C3CCN(C(C)(C)C(=O)OC(C)(c4ccccc4)c4ccccc4)C3=O)=CSC12. The first-order chi connectivity index (χ1) is 28.6. The van der Waals surface area contributed by atoms with E-state index < -0.39 is 70.1 Å². The lowest BCUT2D eigenvalue weighted by atomic mass is 9.87. The number of hydrogen-bond acceptors (Lipinski definition) is 9. The Bertz CT molecular complexity index is 2230. The molecule has 12 heteroatoms. The van der Waals surface area contributed by atoms with Crippen molar-refractivity contribution >= 4 is 41.6 Å². The second-order valence-corrected chi connectivity index (χ2v) is 17.6. The highest BCUT2D eigenvalue weighted by molar-refractivity contribution is 8.03. The number of hydrogen-bond donors (Lipinski definition) is 1. The minimum atomic E-state index is -1.39. The highest BCUT2D eigenvalue weighted by Crippen LogP contribution is 2.43. The highest BCUT2D eigenvalue weighted by Gasteiger charge is 2.57. The molecule has 0 spiro atoms. The standard InChI is InChI=1S/C48H49N3O8S/c1-46(2,3)59-45(56)49-37-41(53)51-38(43(54)57-39(31-19-11-7-12-20-31)32-21-13-8-14-22-32)34(30-60-42(37)51)29-33-27-28-50(40(33)52)47(4,5)44(55)58-48(6,35-23-15-9-16-24-35)36-25-17-10-18-26-36/h7-26,29-30,37-39,42H,27-28H2,1-6H3,(H,49,56). The van der Waals surface area contributed by atoms with Crippen LogP contribution in [-0.4, -0.2) is 74.8 Å². The Labute approximate surface area is 354 Å². The number of thioether (sulfide) groups is 1. The molecule has 0 saturated carbocycles. The van der Waals surface area contributed by atoms with Crippen molar-refractivity contribution < 1.29 is 38.2 Å². The number of likely N-dealkylation sites (tertiary alicyclic amines) is 1. The molecule has 4 aromatic carbocycles. The van der Waals surface area contributed by atoms with Crippen molar-refractivity contribution in [2.24, 2.45) is 0 Å². The fourth-order valence-corrected chi connectivity index (χ4v) is 8.86. The number of alkyl carbamates (subject to hydrolysis) is 1. The smallest absolute Gasteiger partial charge is 0.408 e. The van der Waals surface area contributed by atoms with E-state index >= 15 is 0 Å². The number of ether oxygens (including phenoxy) is 3. The molecular weight excluding hydrogens is 779 g/mol. The highest BCUT2D eigenvalue weighted by atomic mass is 32.2. The van der Waals surface area contributed by atoms with Crippen LogP contribution < -0.4 is 5.32 Å². The van der Waals surface area contributed by atoms with E-state index in [0.717, 1.165) is 22.3 Å². The van der Waals surface area contributed by atoms with Gasteiger partial charge in [-0.25, -0.2) is 14.4 Å². The normalized spacial score (nSPS) is 19.9. The molecule has 3 heterocycles. The monoisotopic (exact) mass is 827 g/mol. The van der Waals surface area contributed by atoms with Crippen LogP contribution in [0.3, 0.4) is 0 Å². The third kappa shape index (κ3) is 8.47. The van der Waals surface area contributed by atoms with Crippen molar-refractivity contribution in [3.8, 4) is 0 Å². The van der Waals surface area contributed by atoms with Gasteiger partial charge in [-0.1, -0.05) is 121 Å². The van der Waals surface area contributed by atoms with E-state index in [9.17, 15) is 24.0 Å². The third-order valence-corrected chi connectivity index (χ3v) is 12.1. The average Bonchev–Trinajstić information content (AvgIpc) is 3.61. The summed E-state index contributed by atoms with van der Waals surface area (Å²) >= 11 is 1.25. The van der Waals surface area contributed by atoms with Gasteiger partial charge >= 0.3 is 18.0 Å². The number of carbonyl (C=O) groups is 5. The van der Waals surface area contributed by atoms with E-state index in [4.69, 9.17) is 14.2 Å². The van der Waals surface area contributed by atoms with Crippen molar-refractivity contribution in [3.05, 3.63) is 166 Å². The summed E-state index contributed by atoms with van der Waals surface area (Å²) in [4.78, 5) is 72.7.